The lowest BCUT2D eigenvalue weighted by Gasteiger charge is -2.14. The van der Waals surface area contributed by atoms with Gasteiger partial charge in [-0.25, -0.2) is 5.43 Å². The summed E-state index contributed by atoms with van der Waals surface area (Å²) in [4.78, 5) is 24.2. The van der Waals surface area contributed by atoms with Crippen LogP contribution in [-0.2, 0) is 4.79 Å². The van der Waals surface area contributed by atoms with Gasteiger partial charge in [0.2, 0.25) is 0 Å². The molecule has 0 unspecified atom stereocenters. The molecule has 0 aromatic heterocycles. The summed E-state index contributed by atoms with van der Waals surface area (Å²) in [5.41, 5.74) is 6.85. The average molecular weight is 369 g/mol. The van der Waals surface area contributed by atoms with Crippen LogP contribution in [0.5, 0.6) is 0 Å². The molecule has 8 nitrogen and oxygen atoms in total. The fourth-order valence-electron chi connectivity index (χ4n) is 2.41. The zero-order chi connectivity index (χ0) is 20.0. The number of anilines is 2. The first kappa shape index (κ1) is 19.9. The molecule has 0 saturated carbocycles. The minimum Gasteiger partial charge on any atom is -0.377 e. The van der Waals surface area contributed by atoms with Crippen molar-refractivity contribution in [2.45, 2.75) is 13.8 Å². The molecule has 0 saturated heterocycles. The lowest BCUT2D eigenvalue weighted by Crippen LogP contribution is -2.26. The minimum absolute atomic E-state index is 0.0372. The maximum atomic E-state index is 11.9. The van der Waals surface area contributed by atoms with Gasteiger partial charge in [0.15, 0.2) is 0 Å². The van der Waals surface area contributed by atoms with Crippen LogP contribution < -0.4 is 15.6 Å². The van der Waals surface area contributed by atoms with E-state index in [0.29, 0.717) is 5.56 Å². The molecule has 142 valence electrons. The van der Waals surface area contributed by atoms with Crippen molar-refractivity contribution in [1.82, 2.24) is 5.43 Å². The first-order valence-electron chi connectivity index (χ1n) is 8.36. The molecular weight excluding hydrogens is 346 g/mol. The number of rotatable bonds is 7. The number of nitro benzene ring substituents is 1. The molecular formula is C19H23N5O3. The third-order valence-electron chi connectivity index (χ3n) is 4.06. The number of nitro groups is 1. The summed E-state index contributed by atoms with van der Waals surface area (Å²) in [6.07, 6.45) is 1.40. The Morgan fingerprint density at radius 2 is 1.93 bits per heavy atom. The molecule has 0 radical (unpaired) electrons. The normalized spacial score (nSPS) is 10.7. The van der Waals surface area contributed by atoms with Gasteiger partial charge in [-0.3, -0.25) is 14.9 Å². The molecule has 0 heterocycles. The topological polar surface area (TPSA) is 99.9 Å². The molecule has 2 aromatic carbocycles. The van der Waals surface area contributed by atoms with Crippen LogP contribution in [0.25, 0.3) is 0 Å². The predicted molar refractivity (Wildman–Crippen MR) is 108 cm³/mol. The molecule has 0 atom stereocenters. The van der Waals surface area contributed by atoms with Gasteiger partial charge in [0, 0.05) is 43.2 Å². The van der Waals surface area contributed by atoms with Crippen LogP contribution in [-0.4, -0.2) is 37.7 Å². The number of non-ortho nitro benzene ring substituents is 1. The number of carbonyl (C=O) groups is 1. The van der Waals surface area contributed by atoms with Crippen LogP contribution in [0.3, 0.4) is 0 Å². The minimum atomic E-state index is -0.469. The molecule has 2 N–H and O–H groups in total. The van der Waals surface area contributed by atoms with Crippen molar-refractivity contribution in [2.24, 2.45) is 5.10 Å². The highest BCUT2D eigenvalue weighted by atomic mass is 16.6. The van der Waals surface area contributed by atoms with E-state index in [2.05, 4.69) is 15.8 Å². The highest BCUT2D eigenvalue weighted by Crippen LogP contribution is 2.22. The number of hydrogen-bond acceptors (Lipinski definition) is 6. The molecule has 0 aliphatic heterocycles. The molecule has 1 amide bonds. The van der Waals surface area contributed by atoms with Gasteiger partial charge < -0.3 is 10.2 Å². The van der Waals surface area contributed by atoms with Crippen molar-refractivity contribution < 1.29 is 9.72 Å². The summed E-state index contributed by atoms with van der Waals surface area (Å²) in [5, 5.41) is 17.9. The molecule has 0 spiro atoms. The number of hydrazone groups is 1. The van der Waals surface area contributed by atoms with Crippen LogP contribution in [0.15, 0.2) is 41.5 Å². The number of nitrogens with zero attached hydrogens (tertiary/aromatic N) is 3. The van der Waals surface area contributed by atoms with Gasteiger partial charge in [-0.2, -0.15) is 5.10 Å². The van der Waals surface area contributed by atoms with Crippen LogP contribution in [0.1, 0.15) is 16.7 Å². The van der Waals surface area contributed by atoms with Crippen molar-refractivity contribution in [3.8, 4) is 0 Å². The number of benzene rings is 2. The largest absolute Gasteiger partial charge is 0.377 e. The standard InChI is InChI=1S/C19H23N5O3/c1-13-5-6-16(9-14(13)2)20-12-19(25)22-21-11-15-10-17(24(26)27)7-8-18(15)23(3)4/h5-11,20H,12H2,1-4H3,(H,22,25)/b21-11+. The van der Waals surface area contributed by atoms with E-state index in [4.69, 9.17) is 0 Å². The highest BCUT2D eigenvalue weighted by Gasteiger charge is 2.11. The quantitative estimate of drug-likeness (QED) is 0.444. The number of aryl methyl sites for hydroxylation is 2. The van der Waals surface area contributed by atoms with E-state index in [9.17, 15) is 14.9 Å². The van der Waals surface area contributed by atoms with E-state index in [1.54, 1.807) is 6.07 Å². The van der Waals surface area contributed by atoms with Crippen molar-refractivity contribution in [1.29, 1.82) is 0 Å². The zero-order valence-corrected chi connectivity index (χ0v) is 15.8. The Morgan fingerprint density at radius 3 is 2.56 bits per heavy atom. The van der Waals surface area contributed by atoms with E-state index in [0.717, 1.165) is 16.9 Å². The maximum Gasteiger partial charge on any atom is 0.270 e. The Hall–Kier alpha value is -3.42. The third kappa shape index (κ3) is 5.53. The van der Waals surface area contributed by atoms with Gasteiger partial charge in [-0.1, -0.05) is 6.07 Å². The average Bonchev–Trinajstić information content (AvgIpc) is 2.62. The summed E-state index contributed by atoms with van der Waals surface area (Å²) in [6.45, 7) is 4.10. The van der Waals surface area contributed by atoms with Gasteiger partial charge in [0.25, 0.3) is 11.6 Å². The third-order valence-corrected chi connectivity index (χ3v) is 4.06. The fraction of sp³-hybridized carbons (Fsp3) is 0.263. The van der Waals surface area contributed by atoms with Crippen molar-refractivity contribution in [3.05, 3.63) is 63.2 Å². The van der Waals surface area contributed by atoms with Gasteiger partial charge in [0.1, 0.15) is 0 Å². The second kappa shape index (κ2) is 8.79. The molecule has 8 heteroatoms. The molecule has 0 fully saturated rings. The number of carbonyl (C=O) groups excluding carboxylic acids is 1. The number of amides is 1. The summed E-state index contributed by atoms with van der Waals surface area (Å²) < 4.78 is 0. The predicted octanol–water partition coefficient (Wildman–Crippen LogP) is 2.84. The van der Waals surface area contributed by atoms with Crippen molar-refractivity contribution in [3.63, 3.8) is 0 Å². The number of nitrogens with one attached hydrogen (secondary N) is 2. The SMILES string of the molecule is Cc1ccc(NCC(=O)N/N=C/c2cc([N+](=O)[O-])ccc2N(C)C)cc1C. The molecule has 2 rings (SSSR count). The van der Waals surface area contributed by atoms with E-state index < -0.39 is 4.92 Å². The molecule has 2 aromatic rings. The molecule has 0 aliphatic carbocycles. The van der Waals surface area contributed by atoms with Crippen LogP contribution >= 0.6 is 0 Å². The van der Waals surface area contributed by atoms with Gasteiger partial charge >= 0.3 is 0 Å². The monoisotopic (exact) mass is 369 g/mol. The van der Waals surface area contributed by atoms with Crippen LogP contribution in [0.2, 0.25) is 0 Å². The second-order valence-electron chi connectivity index (χ2n) is 6.34. The van der Waals surface area contributed by atoms with Gasteiger partial charge in [-0.15, -0.1) is 0 Å². The fourth-order valence-corrected chi connectivity index (χ4v) is 2.41. The maximum absolute atomic E-state index is 11.9. The van der Waals surface area contributed by atoms with Crippen LogP contribution in [0, 0.1) is 24.0 Å². The Labute approximate surface area is 158 Å². The number of hydrogen-bond donors (Lipinski definition) is 2. The van der Waals surface area contributed by atoms with E-state index in [1.165, 1.54) is 23.9 Å². The molecule has 0 bridgehead atoms. The zero-order valence-electron chi connectivity index (χ0n) is 15.8. The summed E-state index contributed by atoms with van der Waals surface area (Å²) in [5.74, 6) is -0.318. The molecule has 27 heavy (non-hydrogen) atoms. The molecule has 0 aliphatic rings. The Kier molecular flexibility index (Phi) is 6.48. The van der Waals surface area contributed by atoms with Crippen molar-refractivity contribution >= 4 is 29.2 Å². The summed E-state index contributed by atoms with van der Waals surface area (Å²) >= 11 is 0. The van der Waals surface area contributed by atoms with Crippen LogP contribution in [0.4, 0.5) is 17.1 Å². The summed E-state index contributed by atoms with van der Waals surface area (Å²) in [7, 11) is 3.65. The van der Waals surface area contributed by atoms with Gasteiger partial charge in [0.05, 0.1) is 17.7 Å². The van der Waals surface area contributed by atoms with E-state index in [1.807, 2.05) is 51.0 Å². The van der Waals surface area contributed by atoms with Crippen molar-refractivity contribution in [2.75, 3.05) is 30.9 Å². The first-order chi connectivity index (χ1) is 12.8. The first-order valence-corrected chi connectivity index (χ1v) is 8.36. The Bertz CT molecular complexity index is 878. The lowest BCUT2D eigenvalue weighted by atomic mass is 10.1. The Morgan fingerprint density at radius 1 is 1.19 bits per heavy atom. The van der Waals surface area contributed by atoms with Gasteiger partial charge in [-0.05, 0) is 43.2 Å². The smallest absolute Gasteiger partial charge is 0.270 e. The summed E-state index contributed by atoms with van der Waals surface area (Å²) in [6, 6.07) is 10.3. The van der Waals surface area contributed by atoms with E-state index in [-0.39, 0.29) is 18.1 Å². The second-order valence-corrected chi connectivity index (χ2v) is 6.34. The lowest BCUT2D eigenvalue weighted by molar-refractivity contribution is -0.384. The Balaban J connectivity index is 1.99. The van der Waals surface area contributed by atoms with E-state index >= 15 is 0 Å². The highest BCUT2D eigenvalue weighted by molar-refractivity contribution is 5.90.